The molecule has 0 aliphatic heterocycles. The molecular weight excluding hydrogens is 335 g/mol. The molecule has 4 rings (SSSR count). The van der Waals surface area contributed by atoms with Crippen LogP contribution in [0.4, 0.5) is 13.2 Å². The monoisotopic (exact) mass is 345 g/mol. The summed E-state index contributed by atoms with van der Waals surface area (Å²) >= 11 is 0. The zero-order valence-electron chi connectivity index (χ0n) is 12.8. The Kier molecular flexibility index (Phi) is 3.14. The van der Waals surface area contributed by atoms with E-state index in [4.69, 9.17) is 0 Å². The lowest BCUT2D eigenvalue weighted by molar-refractivity contribution is -0.144. The van der Waals surface area contributed by atoms with Gasteiger partial charge in [-0.25, -0.2) is 4.98 Å². The lowest BCUT2D eigenvalue weighted by Crippen LogP contribution is -2.19. The van der Waals surface area contributed by atoms with E-state index >= 15 is 0 Å². The molecule has 0 atom stereocenters. The molecule has 0 saturated carbocycles. The Bertz CT molecular complexity index is 1180. The highest BCUT2D eigenvalue weighted by molar-refractivity contribution is 5.79. The molecule has 0 fully saturated rings. The summed E-state index contributed by atoms with van der Waals surface area (Å²) in [5.41, 5.74) is 1.38. The molecule has 126 valence electrons. The summed E-state index contributed by atoms with van der Waals surface area (Å²) in [4.78, 5) is 20.0. The van der Waals surface area contributed by atoms with Gasteiger partial charge in [-0.1, -0.05) is 18.2 Å². The first-order valence-electron chi connectivity index (χ1n) is 7.26. The predicted octanol–water partition coefficient (Wildman–Crippen LogP) is 2.76. The van der Waals surface area contributed by atoms with Crippen LogP contribution in [0.3, 0.4) is 0 Å². The molecule has 0 saturated heterocycles. The van der Waals surface area contributed by atoms with Gasteiger partial charge in [-0.3, -0.25) is 9.36 Å². The number of hydrogen-bond donors (Lipinski definition) is 0. The number of hydrogen-bond acceptors (Lipinski definition) is 4. The molecule has 0 aliphatic rings. The van der Waals surface area contributed by atoms with Crippen molar-refractivity contribution in [3.8, 4) is 5.69 Å². The average molecular weight is 345 g/mol. The topological polar surface area (TPSA) is 65.1 Å². The smallest absolute Gasteiger partial charge is 0.283 e. The van der Waals surface area contributed by atoms with Crippen molar-refractivity contribution in [3.05, 3.63) is 64.5 Å². The van der Waals surface area contributed by atoms with Crippen molar-refractivity contribution in [2.45, 2.75) is 13.1 Å². The minimum atomic E-state index is -4.68. The quantitative estimate of drug-likeness (QED) is 0.532. The summed E-state index contributed by atoms with van der Waals surface area (Å²) in [6.07, 6.45) is -1.96. The molecule has 9 heteroatoms. The van der Waals surface area contributed by atoms with Crippen LogP contribution in [0.2, 0.25) is 0 Å². The summed E-state index contributed by atoms with van der Waals surface area (Å²) in [7, 11) is 0. The number of pyridine rings is 1. The first-order chi connectivity index (χ1) is 11.9. The molecular formula is C16H10F3N5O. The van der Waals surface area contributed by atoms with E-state index in [-0.39, 0.29) is 16.7 Å². The SMILES string of the molecule is Cc1ccccc1-n1ccc2c(cnc3nc(C(F)(F)F)nn32)c1=O. The molecule has 6 nitrogen and oxygen atoms in total. The molecule has 25 heavy (non-hydrogen) atoms. The van der Waals surface area contributed by atoms with Crippen LogP contribution in [0.1, 0.15) is 11.4 Å². The zero-order chi connectivity index (χ0) is 17.8. The zero-order valence-corrected chi connectivity index (χ0v) is 12.8. The molecule has 4 aromatic rings. The van der Waals surface area contributed by atoms with Gasteiger partial charge in [0.05, 0.1) is 16.6 Å². The standard InChI is InChI=1S/C16H10F3N5O/c1-9-4-2-3-5-11(9)23-7-6-12-10(13(23)25)8-20-15-21-14(16(17,18)19)22-24(12)15/h2-8H,1H3. The van der Waals surface area contributed by atoms with Crippen molar-refractivity contribution in [1.82, 2.24) is 24.1 Å². The molecule has 3 aromatic heterocycles. The van der Waals surface area contributed by atoms with Gasteiger partial charge in [-0.15, -0.1) is 5.10 Å². The van der Waals surface area contributed by atoms with Gasteiger partial charge >= 0.3 is 6.18 Å². The highest BCUT2D eigenvalue weighted by Crippen LogP contribution is 2.26. The number of rotatable bonds is 1. The Labute approximate surface area is 138 Å². The van der Waals surface area contributed by atoms with Crippen LogP contribution < -0.4 is 5.56 Å². The second-order valence-electron chi connectivity index (χ2n) is 5.48. The van der Waals surface area contributed by atoms with E-state index in [9.17, 15) is 18.0 Å². The minimum Gasteiger partial charge on any atom is -0.283 e. The van der Waals surface area contributed by atoms with Crippen molar-refractivity contribution in [3.63, 3.8) is 0 Å². The Balaban J connectivity index is 2.01. The van der Waals surface area contributed by atoms with Crippen LogP contribution in [0, 0.1) is 6.92 Å². The minimum absolute atomic E-state index is 0.150. The summed E-state index contributed by atoms with van der Waals surface area (Å²) in [5, 5.41) is 3.59. The second kappa shape index (κ2) is 5.13. The van der Waals surface area contributed by atoms with E-state index in [1.54, 1.807) is 12.1 Å². The van der Waals surface area contributed by atoms with Gasteiger partial charge in [-0.2, -0.15) is 22.7 Å². The molecule has 3 heterocycles. The van der Waals surface area contributed by atoms with Crippen LogP contribution in [-0.2, 0) is 6.18 Å². The Morgan fingerprint density at radius 3 is 2.60 bits per heavy atom. The highest BCUT2D eigenvalue weighted by atomic mass is 19.4. The van der Waals surface area contributed by atoms with Gasteiger partial charge in [-0.05, 0) is 24.6 Å². The molecule has 0 radical (unpaired) electrons. The lowest BCUT2D eigenvalue weighted by atomic mass is 10.2. The fourth-order valence-electron chi connectivity index (χ4n) is 2.66. The summed E-state index contributed by atoms with van der Waals surface area (Å²) < 4.78 is 40.8. The molecule has 0 unspecified atom stereocenters. The number of halogens is 3. The van der Waals surface area contributed by atoms with E-state index in [1.807, 2.05) is 19.1 Å². The predicted molar refractivity (Wildman–Crippen MR) is 83.6 cm³/mol. The number of alkyl halides is 3. The third-order valence-electron chi connectivity index (χ3n) is 3.86. The third-order valence-corrected chi connectivity index (χ3v) is 3.86. The third kappa shape index (κ3) is 2.35. The number of nitrogens with zero attached hydrogens (tertiary/aromatic N) is 5. The van der Waals surface area contributed by atoms with Gasteiger partial charge < -0.3 is 0 Å². The van der Waals surface area contributed by atoms with E-state index in [0.29, 0.717) is 5.69 Å². The van der Waals surface area contributed by atoms with E-state index in [0.717, 1.165) is 10.1 Å². The average Bonchev–Trinajstić information content (AvgIpc) is 3.01. The first-order valence-corrected chi connectivity index (χ1v) is 7.26. The second-order valence-corrected chi connectivity index (χ2v) is 5.48. The molecule has 0 spiro atoms. The Morgan fingerprint density at radius 2 is 1.88 bits per heavy atom. The number of fused-ring (bicyclic) bond motifs is 3. The van der Waals surface area contributed by atoms with E-state index < -0.39 is 17.6 Å². The van der Waals surface area contributed by atoms with Crippen LogP contribution >= 0.6 is 0 Å². The maximum Gasteiger partial charge on any atom is 0.453 e. The van der Waals surface area contributed by atoms with Gasteiger partial charge in [0.25, 0.3) is 17.2 Å². The molecule has 0 aliphatic carbocycles. The summed E-state index contributed by atoms with van der Waals surface area (Å²) in [6, 6.07) is 8.82. The molecule has 0 N–H and O–H groups in total. The first kappa shape index (κ1) is 15.3. The van der Waals surface area contributed by atoms with Crippen LogP contribution in [0.25, 0.3) is 22.4 Å². The van der Waals surface area contributed by atoms with Crippen molar-refractivity contribution in [2.24, 2.45) is 0 Å². The lowest BCUT2D eigenvalue weighted by Gasteiger charge is -2.10. The van der Waals surface area contributed by atoms with Crippen LogP contribution in [-0.4, -0.2) is 24.1 Å². The van der Waals surface area contributed by atoms with Crippen LogP contribution in [0.5, 0.6) is 0 Å². The maximum absolute atomic E-state index is 12.8. The van der Waals surface area contributed by atoms with Crippen molar-refractivity contribution >= 4 is 16.7 Å². The number of aromatic nitrogens is 5. The number of para-hydroxylation sites is 1. The number of benzene rings is 1. The maximum atomic E-state index is 12.8. The van der Waals surface area contributed by atoms with Gasteiger partial charge in [0.15, 0.2) is 0 Å². The van der Waals surface area contributed by atoms with E-state index in [2.05, 4.69) is 15.1 Å². The Hall–Kier alpha value is -3.23. The van der Waals surface area contributed by atoms with E-state index in [1.165, 1.54) is 23.0 Å². The largest absolute Gasteiger partial charge is 0.453 e. The normalized spacial score (nSPS) is 12.2. The fourth-order valence-corrected chi connectivity index (χ4v) is 2.66. The number of aryl methyl sites for hydroxylation is 1. The highest BCUT2D eigenvalue weighted by Gasteiger charge is 2.36. The Morgan fingerprint density at radius 1 is 1.12 bits per heavy atom. The summed E-state index contributed by atoms with van der Waals surface area (Å²) in [5.74, 6) is -1.51. The van der Waals surface area contributed by atoms with Crippen molar-refractivity contribution in [1.29, 1.82) is 0 Å². The van der Waals surface area contributed by atoms with Crippen molar-refractivity contribution < 1.29 is 13.2 Å². The molecule has 0 amide bonds. The van der Waals surface area contributed by atoms with Crippen molar-refractivity contribution in [2.75, 3.05) is 0 Å². The van der Waals surface area contributed by atoms with Crippen LogP contribution in [0.15, 0.2) is 47.5 Å². The van der Waals surface area contributed by atoms with Gasteiger partial charge in [0, 0.05) is 12.4 Å². The van der Waals surface area contributed by atoms with Gasteiger partial charge in [0.1, 0.15) is 0 Å². The molecule has 0 bridgehead atoms. The van der Waals surface area contributed by atoms with Gasteiger partial charge in [0.2, 0.25) is 0 Å². The molecule has 1 aromatic carbocycles. The fraction of sp³-hybridized carbons (Fsp3) is 0.125. The summed E-state index contributed by atoms with van der Waals surface area (Å²) in [6.45, 7) is 1.86.